The van der Waals surface area contributed by atoms with Gasteiger partial charge in [-0.3, -0.25) is 4.79 Å². The van der Waals surface area contributed by atoms with Gasteiger partial charge in [-0.1, -0.05) is 60.7 Å². The lowest BCUT2D eigenvalue weighted by Crippen LogP contribution is -2.25. The molecule has 0 aliphatic carbocycles. The Bertz CT molecular complexity index is 822. The summed E-state index contributed by atoms with van der Waals surface area (Å²) in [4.78, 5) is 12.3. The number of aromatic nitrogens is 1. The minimum Gasteiger partial charge on any atom is -0.326 e. The van der Waals surface area contributed by atoms with Gasteiger partial charge in [-0.15, -0.1) is 0 Å². The van der Waals surface area contributed by atoms with Gasteiger partial charge in [0, 0.05) is 18.3 Å². The van der Waals surface area contributed by atoms with E-state index in [2.05, 4.69) is 24.3 Å². The van der Waals surface area contributed by atoms with Crippen LogP contribution in [0.2, 0.25) is 0 Å². The number of benzene rings is 2. The Hall–Kier alpha value is -2.65. The normalized spacial score (nSPS) is 10.6. The van der Waals surface area contributed by atoms with Crippen molar-refractivity contribution in [2.24, 2.45) is 5.73 Å². The van der Waals surface area contributed by atoms with E-state index in [1.807, 2.05) is 42.6 Å². The summed E-state index contributed by atoms with van der Waals surface area (Å²) in [6.07, 6.45) is 1.81. The molecule has 0 fully saturated rings. The lowest BCUT2D eigenvalue weighted by atomic mass is 9.99. The van der Waals surface area contributed by atoms with Crippen LogP contribution in [0.5, 0.6) is 0 Å². The second-order valence-corrected chi connectivity index (χ2v) is 5.19. The zero-order valence-corrected chi connectivity index (χ0v) is 12.3. The van der Waals surface area contributed by atoms with Gasteiger partial charge in [0.25, 0.3) is 5.56 Å². The van der Waals surface area contributed by atoms with Crippen LogP contribution in [-0.2, 0) is 13.1 Å². The van der Waals surface area contributed by atoms with E-state index in [1.165, 1.54) is 0 Å². The van der Waals surface area contributed by atoms with E-state index in [1.54, 1.807) is 10.6 Å². The Morgan fingerprint density at radius 1 is 0.818 bits per heavy atom. The number of nitrogens with zero attached hydrogens (tertiary/aromatic N) is 1. The van der Waals surface area contributed by atoms with Crippen LogP contribution in [0.3, 0.4) is 0 Å². The second kappa shape index (κ2) is 6.41. The van der Waals surface area contributed by atoms with Crippen molar-refractivity contribution >= 4 is 0 Å². The van der Waals surface area contributed by atoms with Gasteiger partial charge in [0.2, 0.25) is 0 Å². The van der Waals surface area contributed by atoms with Crippen LogP contribution in [0.1, 0.15) is 11.1 Å². The van der Waals surface area contributed by atoms with Crippen molar-refractivity contribution in [3.8, 4) is 11.1 Å². The second-order valence-electron chi connectivity index (χ2n) is 5.19. The molecule has 0 unspecified atom stereocenters. The van der Waals surface area contributed by atoms with Crippen molar-refractivity contribution in [2.75, 3.05) is 0 Å². The van der Waals surface area contributed by atoms with Crippen molar-refractivity contribution in [1.29, 1.82) is 0 Å². The molecule has 1 heterocycles. The van der Waals surface area contributed by atoms with E-state index >= 15 is 0 Å². The highest BCUT2D eigenvalue weighted by Crippen LogP contribution is 2.23. The predicted octanol–water partition coefficient (Wildman–Crippen LogP) is 3.02. The zero-order chi connectivity index (χ0) is 15.4. The fraction of sp³-hybridized carbons (Fsp3) is 0.105. The average molecular weight is 290 g/mol. The molecular formula is C19H18N2O. The molecule has 0 atom stereocenters. The lowest BCUT2D eigenvalue weighted by Gasteiger charge is -2.12. The van der Waals surface area contributed by atoms with Crippen LogP contribution in [0.25, 0.3) is 11.1 Å². The topological polar surface area (TPSA) is 48.0 Å². The Morgan fingerprint density at radius 2 is 1.50 bits per heavy atom. The molecule has 3 heteroatoms. The summed E-state index contributed by atoms with van der Waals surface area (Å²) >= 11 is 0. The molecule has 0 saturated carbocycles. The highest BCUT2D eigenvalue weighted by Gasteiger charge is 2.07. The monoisotopic (exact) mass is 290 g/mol. The van der Waals surface area contributed by atoms with Crippen molar-refractivity contribution in [1.82, 2.24) is 4.57 Å². The molecule has 0 aliphatic rings. The largest absolute Gasteiger partial charge is 0.326 e. The number of hydrogen-bond donors (Lipinski definition) is 1. The van der Waals surface area contributed by atoms with Gasteiger partial charge in [-0.25, -0.2) is 0 Å². The lowest BCUT2D eigenvalue weighted by molar-refractivity contribution is 0.745. The summed E-state index contributed by atoms with van der Waals surface area (Å²) in [5, 5.41) is 0. The molecule has 0 saturated heterocycles. The zero-order valence-electron chi connectivity index (χ0n) is 12.3. The molecule has 3 rings (SSSR count). The quantitative estimate of drug-likeness (QED) is 0.803. The molecule has 0 amide bonds. The third-order valence-electron chi connectivity index (χ3n) is 3.76. The van der Waals surface area contributed by atoms with Gasteiger partial charge in [-0.05, 0) is 22.8 Å². The first kappa shape index (κ1) is 14.3. The molecule has 110 valence electrons. The molecule has 1 aromatic heterocycles. The minimum absolute atomic E-state index is 0.0205. The van der Waals surface area contributed by atoms with Gasteiger partial charge in [0.1, 0.15) is 0 Å². The number of hydrogen-bond acceptors (Lipinski definition) is 2. The molecule has 0 spiro atoms. The van der Waals surface area contributed by atoms with E-state index in [-0.39, 0.29) is 12.1 Å². The van der Waals surface area contributed by atoms with Gasteiger partial charge in [-0.2, -0.15) is 0 Å². The molecule has 0 radical (unpaired) electrons. The van der Waals surface area contributed by atoms with Crippen LogP contribution >= 0.6 is 0 Å². The van der Waals surface area contributed by atoms with Gasteiger partial charge in [0.15, 0.2) is 0 Å². The molecule has 3 nitrogen and oxygen atoms in total. The summed E-state index contributed by atoms with van der Waals surface area (Å²) in [7, 11) is 0. The van der Waals surface area contributed by atoms with Crippen molar-refractivity contribution in [3.05, 3.63) is 94.4 Å². The maximum absolute atomic E-state index is 12.3. The van der Waals surface area contributed by atoms with Gasteiger partial charge >= 0.3 is 0 Å². The fourth-order valence-corrected chi connectivity index (χ4v) is 2.61. The third kappa shape index (κ3) is 2.85. The minimum atomic E-state index is -0.0205. The van der Waals surface area contributed by atoms with Crippen LogP contribution in [-0.4, -0.2) is 4.57 Å². The van der Waals surface area contributed by atoms with Crippen molar-refractivity contribution in [3.63, 3.8) is 0 Å². The molecule has 2 aromatic carbocycles. The number of nitrogens with two attached hydrogens (primary N) is 1. The Kier molecular flexibility index (Phi) is 4.17. The SMILES string of the molecule is NCc1cccn(Cc2ccccc2-c2ccccc2)c1=O. The van der Waals surface area contributed by atoms with Crippen molar-refractivity contribution < 1.29 is 0 Å². The summed E-state index contributed by atoms with van der Waals surface area (Å²) in [6.45, 7) is 0.803. The molecule has 22 heavy (non-hydrogen) atoms. The molecular weight excluding hydrogens is 272 g/mol. The Balaban J connectivity index is 2.03. The molecule has 2 N–H and O–H groups in total. The standard InChI is InChI=1S/C19H18N2O/c20-13-16-10-6-12-21(19(16)22)14-17-9-4-5-11-18(17)15-7-2-1-3-8-15/h1-12H,13-14,20H2. The third-order valence-corrected chi connectivity index (χ3v) is 3.76. The van der Waals surface area contributed by atoms with E-state index in [0.717, 1.165) is 16.7 Å². The Labute approximate surface area is 129 Å². The van der Waals surface area contributed by atoms with Crippen LogP contribution in [0.4, 0.5) is 0 Å². The highest BCUT2D eigenvalue weighted by molar-refractivity contribution is 5.67. The van der Waals surface area contributed by atoms with E-state index in [4.69, 9.17) is 5.73 Å². The van der Waals surface area contributed by atoms with E-state index in [0.29, 0.717) is 12.1 Å². The smallest absolute Gasteiger partial charge is 0.255 e. The summed E-state index contributed by atoms with van der Waals surface area (Å²) < 4.78 is 1.71. The molecule has 3 aromatic rings. The Morgan fingerprint density at radius 3 is 2.27 bits per heavy atom. The van der Waals surface area contributed by atoms with Gasteiger partial charge in [0.05, 0.1) is 6.54 Å². The van der Waals surface area contributed by atoms with Crippen LogP contribution < -0.4 is 11.3 Å². The maximum atomic E-state index is 12.3. The number of pyridine rings is 1. The summed E-state index contributed by atoms with van der Waals surface area (Å²) in [6, 6.07) is 22.0. The fourth-order valence-electron chi connectivity index (χ4n) is 2.61. The first-order chi connectivity index (χ1) is 10.8. The first-order valence-electron chi connectivity index (χ1n) is 7.31. The number of rotatable bonds is 4. The molecule has 0 aliphatic heterocycles. The summed E-state index contributed by atoms with van der Waals surface area (Å²) in [5.41, 5.74) is 9.65. The van der Waals surface area contributed by atoms with Crippen LogP contribution in [0, 0.1) is 0 Å². The summed E-state index contributed by atoms with van der Waals surface area (Å²) in [5.74, 6) is 0. The highest BCUT2D eigenvalue weighted by atomic mass is 16.1. The predicted molar refractivity (Wildman–Crippen MR) is 89.6 cm³/mol. The first-order valence-corrected chi connectivity index (χ1v) is 7.31. The maximum Gasteiger partial charge on any atom is 0.255 e. The van der Waals surface area contributed by atoms with Crippen LogP contribution in [0.15, 0.2) is 77.7 Å². The van der Waals surface area contributed by atoms with Gasteiger partial charge < -0.3 is 10.3 Å². The van der Waals surface area contributed by atoms with E-state index < -0.39 is 0 Å². The van der Waals surface area contributed by atoms with E-state index in [9.17, 15) is 4.79 Å². The average Bonchev–Trinajstić information content (AvgIpc) is 2.58. The molecule has 0 bridgehead atoms. The van der Waals surface area contributed by atoms with Crippen molar-refractivity contribution in [2.45, 2.75) is 13.1 Å².